The van der Waals surface area contributed by atoms with Gasteiger partial charge in [-0.15, -0.1) is 5.10 Å². The fraction of sp³-hybridized carbons (Fsp3) is 0.500. The normalized spacial score (nSPS) is 18.3. The van der Waals surface area contributed by atoms with E-state index in [2.05, 4.69) is 20.8 Å². The Kier molecular flexibility index (Phi) is 11.1. The number of hydrogen-bond acceptors (Lipinski definition) is 6. The average molecular weight is 636 g/mol. The standard InChI is InChI=1S/C34H43F2N7O3/c1-23(37-2)32(44)39-31(25-7-4-3-5-8-25)34(46)42-19-6-9-29(42)22-41(20-18-24-10-12-26(35)13-11-24)33(45)30-21-38-43(40-30)28-16-14-27(36)15-17-28/h10-17,21,23,25,29,31,37H,3-9,18-20,22H2,1-2H3,(H,39,44)/t23-,29-,31-/m0/s1. The van der Waals surface area contributed by atoms with Crippen LogP contribution in [0.4, 0.5) is 8.78 Å². The summed E-state index contributed by atoms with van der Waals surface area (Å²) in [4.78, 5) is 45.9. The second kappa shape index (κ2) is 15.4. The minimum atomic E-state index is -0.622. The summed E-state index contributed by atoms with van der Waals surface area (Å²) in [5, 5.41) is 14.6. The van der Waals surface area contributed by atoms with Gasteiger partial charge in [-0.1, -0.05) is 31.4 Å². The van der Waals surface area contributed by atoms with Crippen LogP contribution in [0.3, 0.4) is 0 Å². The van der Waals surface area contributed by atoms with Crippen LogP contribution in [0.15, 0.2) is 54.7 Å². The van der Waals surface area contributed by atoms with Gasteiger partial charge in [-0.05, 0) is 94.0 Å². The van der Waals surface area contributed by atoms with Gasteiger partial charge in [-0.25, -0.2) is 8.78 Å². The number of amides is 3. The molecule has 0 spiro atoms. The molecule has 10 nitrogen and oxygen atoms in total. The Morgan fingerprint density at radius 2 is 1.63 bits per heavy atom. The van der Waals surface area contributed by atoms with E-state index in [1.807, 2.05) is 4.90 Å². The number of nitrogens with one attached hydrogen (secondary N) is 2. The van der Waals surface area contributed by atoms with Crippen molar-refractivity contribution in [3.8, 4) is 5.69 Å². The molecule has 46 heavy (non-hydrogen) atoms. The van der Waals surface area contributed by atoms with E-state index in [0.717, 1.165) is 44.1 Å². The lowest BCUT2D eigenvalue weighted by molar-refractivity contribution is -0.139. The van der Waals surface area contributed by atoms with Crippen LogP contribution in [-0.4, -0.2) is 87.3 Å². The van der Waals surface area contributed by atoms with Crippen molar-refractivity contribution < 1.29 is 23.2 Å². The Bertz CT molecular complexity index is 1470. The van der Waals surface area contributed by atoms with Gasteiger partial charge in [-0.3, -0.25) is 14.4 Å². The summed E-state index contributed by atoms with van der Waals surface area (Å²) in [7, 11) is 1.72. The Morgan fingerprint density at radius 3 is 2.30 bits per heavy atom. The number of aromatic nitrogens is 3. The molecular formula is C34H43F2N7O3. The summed E-state index contributed by atoms with van der Waals surface area (Å²) in [6.45, 7) is 2.90. The lowest BCUT2D eigenvalue weighted by Crippen LogP contribution is -2.57. The maximum atomic E-state index is 14.2. The van der Waals surface area contributed by atoms with Crippen LogP contribution in [0.2, 0.25) is 0 Å². The molecule has 0 unspecified atom stereocenters. The van der Waals surface area contributed by atoms with Crippen LogP contribution in [0.5, 0.6) is 0 Å². The maximum Gasteiger partial charge on any atom is 0.276 e. The zero-order valence-corrected chi connectivity index (χ0v) is 26.5. The Balaban J connectivity index is 1.36. The number of carbonyl (C=O) groups is 3. The first-order valence-corrected chi connectivity index (χ1v) is 16.2. The Hall–Kier alpha value is -4.19. The number of hydrogen-bond donors (Lipinski definition) is 2. The maximum absolute atomic E-state index is 14.2. The summed E-state index contributed by atoms with van der Waals surface area (Å²) in [6.07, 6.45) is 8.31. The van der Waals surface area contributed by atoms with Crippen LogP contribution >= 0.6 is 0 Å². The van der Waals surface area contributed by atoms with E-state index in [9.17, 15) is 23.2 Å². The number of halogens is 2. The van der Waals surface area contributed by atoms with E-state index < -0.39 is 17.9 Å². The molecule has 2 fully saturated rings. The zero-order valence-electron chi connectivity index (χ0n) is 26.5. The number of likely N-dealkylation sites (tertiary alicyclic amines) is 1. The zero-order chi connectivity index (χ0) is 32.6. The molecule has 12 heteroatoms. The van der Waals surface area contributed by atoms with Crippen molar-refractivity contribution in [2.75, 3.05) is 26.7 Å². The molecule has 1 aliphatic carbocycles. The molecule has 1 aliphatic heterocycles. The second-order valence-corrected chi connectivity index (χ2v) is 12.3. The molecule has 3 aromatic rings. The van der Waals surface area contributed by atoms with E-state index in [1.165, 1.54) is 47.4 Å². The minimum Gasteiger partial charge on any atom is -0.343 e. The molecule has 5 rings (SSSR count). The smallest absolute Gasteiger partial charge is 0.276 e. The molecule has 1 saturated heterocycles. The number of nitrogens with zero attached hydrogens (tertiary/aromatic N) is 5. The topological polar surface area (TPSA) is 112 Å². The van der Waals surface area contributed by atoms with E-state index in [-0.39, 0.29) is 47.7 Å². The fourth-order valence-corrected chi connectivity index (χ4v) is 6.42. The summed E-state index contributed by atoms with van der Waals surface area (Å²) in [5.41, 5.74) is 1.49. The van der Waals surface area contributed by atoms with Gasteiger partial charge in [0.1, 0.15) is 17.7 Å². The molecule has 1 saturated carbocycles. The van der Waals surface area contributed by atoms with Gasteiger partial charge < -0.3 is 20.4 Å². The molecule has 2 aromatic carbocycles. The largest absolute Gasteiger partial charge is 0.343 e. The van der Waals surface area contributed by atoms with Crippen molar-refractivity contribution >= 4 is 17.7 Å². The third-order valence-electron chi connectivity index (χ3n) is 9.24. The first-order valence-electron chi connectivity index (χ1n) is 16.2. The van der Waals surface area contributed by atoms with Crippen molar-refractivity contribution in [2.24, 2.45) is 5.92 Å². The van der Waals surface area contributed by atoms with E-state index >= 15 is 0 Å². The third kappa shape index (κ3) is 8.14. The van der Waals surface area contributed by atoms with Gasteiger partial charge >= 0.3 is 0 Å². The molecule has 2 heterocycles. The van der Waals surface area contributed by atoms with Crippen molar-refractivity contribution in [3.63, 3.8) is 0 Å². The molecular weight excluding hydrogens is 592 g/mol. The monoisotopic (exact) mass is 635 g/mol. The van der Waals surface area contributed by atoms with Crippen molar-refractivity contribution in [1.82, 2.24) is 35.4 Å². The second-order valence-electron chi connectivity index (χ2n) is 12.3. The predicted molar refractivity (Wildman–Crippen MR) is 169 cm³/mol. The van der Waals surface area contributed by atoms with Crippen molar-refractivity contribution in [3.05, 3.63) is 77.6 Å². The highest BCUT2D eigenvalue weighted by Gasteiger charge is 2.39. The molecule has 3 amide bonds. The van der Waals surface area contributed by atoms with E-state index in [4.69, 9.17) is 0 Å². The number of carbonyl (C=O) groups excluding carboxylic acids is 3. The number of benzene rings is 2. The molecule has 0 bridgehead atoms. The van der Waals surface area contributed by atoms with E-state index in [0.29, 0.717) is 31.6 Å². The van der Waals surface area contributed by atoms with Gasteiger partial charge in [0, 0.05) is 25.7 Å². The summed E-state index contributed by atoms with van der Waals surface area (Å²) < 4.78 is 27.0. The summed E-state index contributed by atoms with van der Waals surface area (Å²) in [5.74, 6) is -1.32. The quantitative estimate of drug-likeness (QED) is 0.313. The summed E-state index contributed by atoms with van der Waals surface area (Å²) >= 11 is 0. The van der Waals surface area contributed by atoms with Crippen LogP contribution in [0.25, 0.3) is 5.69 Å². The Morgan fingerprint density at radius 1 is 0.957 bits per heavy atom. The molecule has 2 aliphatic rings. The minimum absolute atomic E-state index is 0.0632. The van der Waals surface area contributed by atoms with Crippen LogP contribution in [0, 0.1) is 17.6 Å². The highest BCUT2D eigenvalue weighted by molar-refractivity contribution is 5.92. The van der Waals surface area contributed by atoms with Crippen LogP contribution in [0.1, 0.15) is 67.9 Å². The van der Waals surface area contributed by atoms with Gasteiger partial charge in [0.25, 0.3) is 5.91 Å². The van der Waals surface area contributed by atoms with Gasteiger partial charge in [0.2, 0.25) is 11.8 Å². The summed E-state index contributed by atoms with van der Waals surface area (Å²) in [6, 6.07) is 10.5. The Labute approximate surface area is 268 Å². The first kappa shape index (κ1) is 33.2. The van der Waals surface area contributed by atoms with Crippen molar-refractivity contribution in [1.29, 1.82) is 0 Å². The van der Waals surface area contributed by atoms with Gasteiger partial charge in [-0.2, -0.15) is 9.90 Å². The van der Waals surface area contributed by atoms with Crippen LogP contribution in [-0.2, 0) is 16.0 Å². The first-order chi connectivity index (χ1) is 22.2. The third-order valence-corrected chi connectivity index (χ3v) is 9.24. The highest BCUT2D eigenvalue weighted by Crippen LogP contribution is 2.30. The van der Waals surface area contributed by atoms with Crippen molar-refractivity contribution in [2.45, 2.75) is 76.4 Å². The molecule has 3 atom stereocenters. The molecule has 2 N–H and O–H groups in total. The number of rotatable bonds is 12. The lowest BCUT2D eigenvalue weighted by atomic mass is 9.83. The SMILES string of the molecule is CN[C@@H](C)C(=O)N[C@H](C(=O)N1CCC[C@H]1CN(CCc1ccc(F)cc1)C(=O)c1cnn(-c2ccc(F)cc2)n1)C1CCCCC1. The lowest BCUT2D eigenvalue weighted by Gasteiger charge is -2.36. The highest BCUT2D eigenvalue weighted by atomic mass is 19.1. The van der Waals surface area contributed by atoms with Gasteiger partial charge in [0.15, 0.2) is 5.69 Å². The average Bonchev–Trinajstić information content (AvgIpc) is 3.76. The fourth-order valence-electron chi connectivity index (χ4n) is 6.42. The predicted octanol–water partition coefficient (Wildman–Crippen LogP) is 3.89. The molecule has 246 valence electrons. The molecule has 0 radical (unpaired) electrons. The van der Waals surface area contributed by atoms with Gasteiger partial charge in [0.05, 0.1) is 17.9 Å². The molecule has 1 aromatic heterocycles. The number of likely N-dealkylation sites (N-methyl/N-ethyl adjacent to an activating group) is 1. The van der Waals surface area contributed by atoms with E-state index in [1.54, 1.807) is 31.0 Å². The van der Waals surface area contributed by atoms with Crippen LogP contribution < -0.4 is 10.6 Å².